The van der Waals surface area contributed by atoms with Crippen molar-refractivity contribution in [1.82, 2.24) is 0 Å². The molecule has 1 N–H and O–H groups in total. The summed E-state index contributed by atoms with van der Waals surface area (Å²) in [6.45, 7) is 3.07. The molecule has 0 aliphatic carbocycles. The predicted molar refractivity (Wildman–Crippen MR) is 90.2 cm³/mol. The topological polar surface area (TPSA) is 99.1 Å². The third kappa shape index (κ3) is 3.74. The van der Waals surface area contributed by atoms with Crippen molar-refractivity contribution < 1.29 is 33.7 Å². The van der Waals surface area contributed by atoms with Crippen molar-refractivity contribution in [2.75, 3.05) is 13.2 Å². The maximum Gasteiger partial charge on any atom is 0.358 e. The molecule has 0 fully saturated rings. The summed E-state index contributed by atoms with van der Waals surface area (Å²) in [6.07, 6.45) is -0.929. The molecule has 1 heterocycles. The maximum atomic E-state index is 12.4. The van der Waals surface area contributed by atoms with Crippen LogP contribution in [-0.4, -0.2) is 47.9 Å². The molecule has 1 aromatic carbocycles. The Morgan fingerprint density at radius 1 is 1.20 bits per heavy atom. The number of carbonyl (C=O) groups is 3. The second-order valence-corrected chi connectivity index (χ2v) is 6.04. The summed E-state index contributed by atoms with van der Waals surface area (Å²) < 4.78 is 15.6. The summed E-state index contributed by atoms with van der Waals surface area (Å²) >= 11 is 3.28. The van der Waals surface area contributed by atoms with Crippen molar-refractivity contribution >= 4 is 39.4 Å². The van der Waals surface area contributed by atoms with E-state index >= 15 is 0 Å². The molecule has 2 rings (SSSR count). The van der Waals surface area contributed by atoms with Crippen molar-refractivity contribution in [2.45, 2.75) is 25.6 Å². The summed E-state index contributed by atoms with van der Waals surface area (Å²) in [5, 5.41) is 10.3. The molecule has 1 aliphatic rings. The van der Waals surface area contributed by atoms with Gasteiger partial charge in [-0.25, -0.2) is 14.4 Å². The molecule has 0 saturated carbocycles. The van der Waals surface area contributed by atoms with Crippen LogP contribution in [0.1, 0.15) is 19.4 Å². The zero-order chi connectivity index (χ0) is 18.6. The van der Waals surface area contributed by atoms with Crippen LogP contribution in [0, 0.1) is 0 Å². The minimum Gasteiger partial charge on any atom is -0.464 e. The Morgan fingerprint density at radius 2 is 1.80 bits per heavy atom. The fourth-order valence-electron chi connectivity index (χ4n) is 2.33. The standard InChI is InChI=1S/C17H17BrO7/c1-3-23-15(21)13(19)17(16(22)24-4-2)9-12(14(20)25-17)10-5-7-11(18)8-6-10/h5-9,13,19H,3-4H2,1-2H3. The molecule has 134 valence electrons. The van der Waals surface area contributed by atoms with E-state index in [2.05, 4.69) is 15.9 Å². The van der Waals surface area contributed by atoms with Gasteiger partial charge in [-0.15, -0.1) is 0 Å². The lowest BCUT2D eigenvalue weighted by atomic mass is 9.94. The van der Waals surface area contributed by atoms with E-state index in [0.717, 1.165) is 10.5 Å². The van der Waals surface area contributed by atoms with Gasteiger partial charge in [-0.3, -0.25) is 0 Å². The number of aliphatic hydroxyl groups is 1. The summed E-state index contributed by atoms with van der Waals surface area (Å²) in [5.41, 5.74) is -1.76. The summed E-state index contributed by atoms with van der Waals surface area (Å²) in [7, 11) is 0. The molecule has 25 heavy (non-hydrogen) atoms. The fraction of sp³-hybridized carbons (Fsp3) is 0.353. The number of benzene rings is 1. The third-order valence-corrected chi connectivity index (χ3v) is 4.03. The quantitative estimate of drug-likeness (QED) is 0.559. The third-order valence-electron chi connectivity index (χ3n) is 3.51. The Labute approximate surface area is 152 Å². The first-order valence-electron chi connectivity index (χ1n) is 7.59. The zero-order valence-corrected chi connectivity index (χ0v) is 15.2. The van der Waals surface area contributed by atoms with Gasteiger partial charge in [-0.1, -0.05) is 28.1 Å². The highest BCUT2D eigenvalue weighted by Gasteiger charge is 2.57. The lowest BCUT2D eigenvalue weighted by molar-refractivity contribution is -0.190. The fourth-order valence-corrected chi connectivity index (χ4v) is 2.59. The van der Waals surface area contributed by atoms with Gasteiger partial charge in [0.2, 0.25) is 6.10 Å². The maximum absolute atomic E-state index is 12.4. The first-order valence-corrected chi connectivity index (χ1v) is 8.39. The van der Waals surface area contributed by atoms with Gasteiger partial charge < -0.3 is 19.3 Å². The van der Waals surface area contributed by atoms with Gasteiger partial charge >= 0.3 is 17.9 Å². The van der Waals surface area contributed by atoms with Gasteiger partial charge in [0.25, 0.3) is 5.60 Å². The molecule has 8 heteroatoms. The van der Waals surface area contributed by atoms with E-state index < -0.39 is 29.6 Å². The molecule has 2 atom stereocenters. The molecule has 2 unspecified atom stereocenters. The van der Waals surface area contributed by atoms with E-state index in [0.29, 0.717) is 5.56 Å². The zero-order valence-electron chi connectivity index (χ0n) is 13.7. The van der Waals surface area contributed by atoms with E-state index in [1.807, 2.05) is 0 Å². The number of cyclic esters (lactones) is 1. The van der Waals surface area contributed by atoms with Crippen LogP contribution in [0.15, 0.2) is 34.8 Å². The first kappa shape index (κ1) is 19.1. The Bertz CT molecular complexity index is 710. The van der Waals surface area contributed by atoms with Gasteiger partial charge in [-0.2, -0.15) is 0 Å². The number of esters is 3. The van der Waals surface area contributed by atoms with Crippen LogP contribution in [0.25, 0.3) is 5.57 Å². The van der Waals surface area contributed by atoms with E-state index in [1.54, 1.807) is 38.1 Å². The number of halogens is 1. The molecular weight excluding hydrogens is 396 g/mol. The Morgan fingerprint density at radius 3 is 2.36 bits per heavy atom. The minimum atomic E-state index is -2.28. The monoisotopic (exact) mass is 412 g/mol. The number of hydrogen-bond donors (Lipinski definition) is 1. The highest BCUT2D eigenvalue weighted by molar-refractivity contribution is 9.10. The van der Waals surface area contributed by atoms with Crippen molar-refractivity contribution in [2.24, 2.45) is 0 Å². The average Bonchev–Trinajstić information content (AvgIpc) is 2.94. The number of carbonyl (C=O) groups excluding carboxylic acids is 3. The lowest BCUT2D eigenvalue weighted by Crippen LogP contribution is -2.54. The predicted octanol–water partition coefficient (Wildman–Crippen LogP) is 1.62. The Hall–Kier alpha value is -2.19. The van der Waals surface area contributed by atoms with Crippen LogP contribution in [-0.2, 0) is 28.6 Å². The average molecular weight is 413 g/mol. The molecule has 1 aromatic rings. The lowest BCUT2D eigenvalue weighted by Gasteiger charge is -2.27. The molecule has 1 aliphatic heterocycles. The molecule has 0 saturated heterocycles. The molecule has 7 nitrogen and oxygen atoms in total. The number of rotatable bonds is 6. The first-order chi connectivity index (χ1) is 11.9. The van der Waals surface area contributed by atoms with E-state index in [-0.39, 0.29) is 18.8 Å². The van der Waals surface area contributed by atoms with Gasteiger partial charge in [0.1, 0.15) is 0 Å². The highest BCUT2D eigenvalue weighted by atomic mass is 79.9. The normalized spacial score (nSPS) is 20.5. The van der Waals surface area contributed by atoms with Crippen LogP contribution < -0.4 is 0 Å². The Balaban J connectivity index is 2.49. The largest absolute Gasteiger partial charge is 0.464 e. The number of ether oxygens (including phenoxy) is 3. The van der Waals surface area contributed by atoms with Crippen molar-refractivity contribution in [1.29, 1.82) is 0 Å². The summed E-state index contributed by atoms with van der Waals surface area (Å²) in [6, 6.07) is 6.68. The van der Waals surface area contributed by atoms with Gasteiger partial charge in [0.15, 0.2) is 0 Å². The SMILES string of the molecule is CCOC(=O)C(O)C1(C(=O)OCC)C=C(c2ccc(Br)cc2)C(=O)O1. The molecule has 0 amide bonds. The number of aliphatic hydroxyl groups excluding tert-OH is 1. The van der Waals surface area contributed by atoms with Crippen LogP contribution >= 0.6 is 15.9 Å². The number of hydrogen-bond acceptors (Lipinski definition) is 7. The van der Waals surface area contributed by atoms with Crippen molar-refractivity contribution in [3.8, 4) is 0 Å². The van der Waals surface area contributed by atoms with Gasteiger partial charge in [0, 0.05) is 4.47 Å². The summed E-state index contributed by atoms with van der Waals surface area (Å²) in [4.78, 5) is 36.6. The van der Waals surface area contributed by atoms with Crippen LogP contribution in [0.5, 0.6) is 0 Å². The molecule has 0 radical (unpaired) electrons. The van der Waals surface area contributed by atoms with Gasteiger partial charge in [0.05, 0.1) is 18.8 Å². The van der Waals surface area contributed by atoms with E-state index in [9.17, 15) is 19.5 Å². The summed E-state index contributed by atoms with van der Waals surface area (Å²) in [5.74, 6) is -2.98. The molecule has 0 aromatic heterocycles. The smallest absolute Gasteiger partial charge is 0.358 e. The van der Waals surface area contributed by atoms with Crippen LogP contribution in [0.4, 0.5) is 0 Å². The van der Waals surface area contributed by atoms with Crippen LogP contribution in [0.3, 0.4) is 0 Å². The second kappa shape index (κ2) is 7.79. The highest BCUT2D eigenvalue weighted by Crippen LogP contribution is 2.35. The van der Waals surface area contributed by atoms with Gasteiger partial charge in [-0.05, 0) is 37.6 Å². The molecular formula is C17H17BrO7. The molecule has 0 spiro atoms. The Kier molecular flexibility index (Phi) is 5.97. The second-order valence-electron chi connectivity index (χ2n) is 5.12. The molecule has 0 bridgehead atoms. The van der Waals surface area contributed by atoms with E-state index in [1.165, 1.54) is 0 Å². The minimum absolute atomic E-state index is 0.00791. The van der Waals surface area contributed by atoms with Crippen LogP contribution in [0.2, 0.25) is 0 Å². The van der Waals surface area contributed by atoms with Crippen molar-refractivity contribution in [3.63, 3.8) is 0 Å². The van der Waals surface area contributed by atoms with Crippen molar-refractivity contribution in [3.05, 3.63) is 40.4 Å². The van der Waals surface area contributed by atoms with E-state index in [4.69, 9.17) is 14.2 Å².